The van der Waals surface area contributed by atoms with E-state index in [1.54, 1.807) is 6.20 Å². The molecule has 0 fully saturated rings. The molecule has 3 aromatic rings. The molecule has 4 nitrogen and oxygen atoms in total. The fourth-order valence-corrected chi connectivity index (χ4v) is 3.30. The van der Waals surface area contributed by atoms with Crippen LogP contribution in [0.1, 0.15) is 33.6 Å². The van der Waals surface area contributed by atoms with Gasteiger partial charge in [0.05, 0.1) is 0 Å². The maximum Gasteiger partial charge on any atom is 0.226 e. The van der Waals surface area contributed by atoms with Gasteiger partial charge in [-0.2, -0.15) is 0 Å². The van der Waals surface area contributed by atoms with Crippen molar-refractivity contribution in [3.05, 3.63) is 82.6 Å². The summed E-state index contributed by atoms with van der Waals surface area (Å²) in [6, 6.07) is 15.3. The van der Waals surface area contributed by atoms with Gasteiger partial charge in [-0.05, 0) is 29.8 Å². The number of hydrogen-bond acceptors (Lipinski definition) is 4. The lowest BCUT2D eigenvalue weighted by molar-refractivity contribution is -0.116. The molecule has 0 aliphatic rings. The van der Waals surface area contributed by atoms with E-state index < -0.39 is 5.82 Å². The molecule has 2 aromatic carbocycles. The van der Waals surface area contributed by atoms with Gasteiger partial charge in [0.25, 0.3) is 0 Å². The summed E-state index contributed by atoms with van der Waals surface area (Å²) < 4.78 is 12.9. The number of thiazole rings is 1. The molecule has 0 unspecified atom stereocenters. The van der Waals surface area contributed by atoms with Crippen molar-refractivity contribution < 1.29 is 14.0 Å². The third-order valence-corrected chi connectivity index (χ3v) is 4.68. The number of Topliss-reactive ketones (excluding diaryl/α,β-unsaturated/α-hetero) is 1. The Morgan fingerprint density at radius 1 is 1.00 bits per heavy atom. The molecule has 1 aromatic heterocycles. The summed E-state index contributed by atoms with van der Waals surface area (Å²) in [6.45, 7) is 0. The van der Waals surface area contributed by atoms with Crippen LogP contribution in [0.5, 0.6) is 0 Å². The molecule has 26 heavy (non-hydrogen) atoms. The average molecular weight is 368 g/mol. The average Bonchev–Trinajstić information content (AvgIpc) is 3.08. The molecule has 6 heteroatoms. The zero-order chi connectivity index (χ0) is 18.4. The van der Waals surface area contributed by atoms with E-state index in [1.807, 2.05) is 30.3 Å². The van der Waals surface area contributed by atoms with Crippen molar-refractivity contribution in [2.75, 3.05) is 5.32 Å². The van der Waals surface area contributed by atoms with Crippen LogP contribution in [0.15, 0.2) is 60.8 Å². The van der Waals surface area contributed by atoms with Crippen LogP contribution >= 0.6 is 11.3 Å². The number of hydrogen-bond donors (Lipinski definition) is 1. The lowest BCUT2D eigenvalue weighted by Crippen LogP contribution is -2.13. The zero-order valence-corrected chi connectivity index (χ0v) is 14.8. The summed E-state index contributed by atoms with van der Waals surface area (Å²) >= 11 is 1.42. The summed E-state index contributed by atoms with van der Waals surface area (Å²) in [4.78, 5) is 29.3. The smallest absolute Gasteiger partial charge is 0.226 e. The van der Waals surface area contributed by atoms with Crippen LogP contribution < -0.4 is 5.32 Å². The first kappa shape index (κ1) is 17.9. The molecule has 0 aliphatic heterocycles. The Hall–Kier alpha value is -2.86. The quantitative estimate of drug-likeness (QED) is 0.626. The maximum absolute atomic E-state index is 12.9. The van der Waals surface area contributed by atoms with E-state index in [9.17, 15) is 14.0 Å². The van der Waals surface area contributed by atoms with E-state index in [2.05, 4.69) is 10.3 Å². The molecule has 132 valence electrons. The Morgan fingerprint density at radius 2 is 1.73 bits per heavy atom. The molecule has 3 rings (SSSR count). The van der Waals surface area contributed by atoms with Crippen LogP contribution in [0.4, 0.5) is 9.52 Å². The summed E-state index contributed by atoms with van der Waals surface area (Å²) in [5.74, 6) is -0.848. The normalized spacial score (nSPS) is 10.5. The van der Waals surface area contributed by atoms with E-state index in [-0.39, 0.29) is 24.5 Å². The number of benzene rings is 2. The van der Waals surface area contributed by atoms with E-state index in [1.165, 1.54) is 41.2 Å². The van der Waals surface area contributed by atoms with Crippen LogP contribution in [-0.2, 0) is 11.2 Å². The van der Waals surface area contributed by atoms with Gasteiger partial charge in [-0.15, -0.1) is 11.3 Å². The van der Waals surface area contributed by atoms with Crippen LogP contribution in [0, 0.1) is 5.82 Å². The van der Waals surface area contributed by atoms with Crippen LogP contribution in [-0.4, -0.2) is 16.7 Å². The number of amides is 1. The number of rotatable bonds is 7. The Labute approximate surface area is 154 Å². The Kier molecular flexibility index (Phi) is 5.86. The molecule has 0 spiro atoms. The molecule has 0 atom stereocenters. The van der Waals surface area contributed by atoms with Crippen LogP contribution in [0.25, 0.3) is 0 Å². The first-order chi connectivity index (χ1) is 12.6. The molecule has 0 bridgehead atoms. The van der Waals surface area contributed by atoms with Gasteiger partial charge in [0.1, 0.15) is 5.82 Å². The summed E-state index contributed by atoms with van der Waals surface area (Å²) in [5, 5.41) is 3.24. The highest BCUT2D eigenvalue weighted by atomic mass is 32.1. The number of ketones is 1. The number of nitrogens with one attached hydrogen (secondary N) is 1. The van der Waals surface area contributed by atoms with Crippen molar-refractivity contribution in [1.82, 2.24) is 4.98 Å². The number of nitrogens with zero attached hydrogens (tertiary/aromatic N) is 1. The second-order valence-electron chi connectivity index (χ2n) is 5.77. The van der Waals surface area contributed by atoms with Gasteiger partial charge < -0.3 is 5.32 Å². The minimum atomic E-state index is -0.394. The first-order valence-electron chi connectivity index (χ1n) is 8.17. The number of carbonyl (C=O) groups is 2. The zero-order valence-electron chi connectivity index (χ0n) is 13.9. The number of carbonyl (C=O) groups excluding carboxylic acids is 2. The number of aromatic nitrogens is 1. The van der Waals surface area contributed by atoms with Gasteiger partial charge in [-0.1, -0.05) is 30.3 Å². The number of halogens is 1. The highest BCUT2D eigenvalue weighted by Gasteiger charge is 2.11. The van der Waals surface area contributed by atoms with Crippen molar-refractivity contribution in [1.29, 1.82) is 0 Å². The molecule has 0 saturated heterocycles. The maximum atomic E-state index is 12.9. The predicted molar refractivity (Wildman–Crippen MR) is 100.0 cm³/mol. The van der Waals surface area contributed by atoms with Crippen molar-refractivity contribution in [2.45, 2.75) is 19.3 Å². The van der Waals surface area contributed by atoms with Crippen molar-refractivity contribution >= 4 is 28.2 Å². The standard InChI is InChI=1S/C20H17FN2O2S/c21-16-8-6-15(7-9-16)18(24)10-11-19(25)23-20-22-13-17(26-20)12-14-4-2-1-3-5-14/h1-9,13H,10-12H2,(H,22,23,25). The summed E-state index contributed by atoms with van der Waals surface area (Å²) in [6.07, 6.45) is 2.64. The van der Waals surface area contributed by atoms with Crippen molar-refractivity contribution in [3.8, 4) is 0 Å². The van der Waals surface area contributed by atoms with Gasteiger partial charge >= 0.3 is 0 Å². The predicted octanol–water partition coefficient (Wildman–Crippen LogP) is 4.47. The van der Waals surface area contributed by atoms with E-state index >= 15 is 0 Å². The molecule has 0 saturated carbocycles. The first-order valence-corrected chi connectivity index (χ1v) is 8.99. The summed E-state index contributed by atoms with van der Waals surface area (Å²) in [7, 11) is 0. The molecule has 0 aliphatic carbocycles. The van der Waals surface area contributed by atoms with E-state index in [4.69, 9.17) is 0 Å². The molecule has 1 amide bonds. The van der Waals surface area contributed by atoms with Gasteiger partial charge in [-0.25, -0.2) is 9.37 Å². The topological polar surface area (TPSA) is 59.1 Å². The minimum absolute atomic E-state index is 0.0593. The largest absolute Gasteiger partial charge is 0.302 e. The number of anilines is 1. The van der Waals surface area contributed by atoms with Crippen molar-refractivity contribution in [2.24, 2.45) is 0 Å². The Morgan fingerprint density at radius 3 is 2.46 bits per heavy atom. The lowest BCUT2D eigenvalue weighted by atomic mass is 10.1. The third-order valence-electron chi connectivity index (χ3n) is 3.77. The molecular formula is C20H17FN2O2S. The minimum Gasteiger partial charge on any atom is -0.302 e. The SMILES string of the molecule is O=C(CCC(=O)c1ccc(F)cc1)Nc1ncc(Cc2ccccc2)s1. The Balaban J connectivity index is 1.49. The summed E-state index contributed by atoms with van der Waals surface area (Å²) in [5.41, 5.74) is 1.58. The second kappa shape index (κ2) is 8.49. The van der Waals surface area contributed by atoms with E-state index in [0.29, 0.717) is 10.7 Å². The third kappa shape index (κ3) is 5.07. The molecule has 1 N–H and O–H groups in total. The van der Waals surface area contributed by atoms with Gasteiger partial charge in [0.15, 0.2) is 10.9 Å². The van der Waals surface area contributed by atoms with Gasteiger partial charge in [0.2, 0.25) is 5.91 Å². The molecule has 1 heterocycles. The monoisotopic (exact) mass is 368 g/mol. The van der Waals surface area contributed by atoms with Crippen LogP contribution in [0.2, 0.25) is 0 Å². The fourth-order valence-electron chi connectivity index (χ4n) is 2.43. The molecule has 0 radical (unpaired) electrons. The lowest BCUT2D eigenvalue weighted by Gasteiger charge is -2.02. The highest BCUT2D eigenvalue weighted by Crippen LogP contribution is 2.21. The molecular weight excluding hydrogens is 351 g/mol. The van der Waals surface area contributed by atoms with E-state index in [0.717, 1.165) is 11.3 Å². The van der Waals surface area contributed by atoms with Gasteiger partial charge in [-0.3, -0.25) is 9.59 Å². The second-order valence-corrected chi connectivity index (χ2v) is 6.89. The fraction of sp³-hybridized carbons (Fsp3) is 0.150. The van der Waals surface area contributed by atoms with Crippen LogP contribution in [0.3, 0.4) is 0 Å². The Bertz CT molecular complexity index is 892. The highest BCUT2D eigenvalue weighted by molar-refractivity contribution is 7.15. The van der Waals surface area contributed by atoms with Gasteiger partial charge in [0, 0.05) is 35.9 Å². The van der Waals surface area contributed by atoms with Crippen molar-refractivity contribution in [3.63, 3.8) is 0 Å².